The minimum atomic E-state index is -0.743. The van der Waals surface area contributed by atoms with Crippen LogP contribution in [0.25, 0.3) is 0 Å². The van der Waals surface area contributed by atoms with Gasteiger partial charge < -0.3 is 0 Å². The third-order valence-electron chi connectivity index (χ3n) is 3.36. The van der Waals surface area contributed by atoms with Gasteiger partial charge in [0.25, 0.3) is 0 Å². The van der Waals surface area contributed by atoms with Crippen molar-refractivity contribution in [3.63, 3.8) is 0 Å². The van der Waals surface area contributed by atoms with Gasteiger partial charge in [-0.1, -0.05) is 30.3 Å². The third kappa shape index (κ3) is 3.07. The van der Waals surface area contributed by atoms with Gasteiger partial charge in [-0.15, -0.1) is 0 Å². The first-order chi connectivity index (χ1) is 9.52. The molecule has 0 aliphatic heterocycles. The lowest BCUT2D eigenvalue weighted by Gasteiger charge is -2.11. The number of hydrogen-bond acceptors (Lipinski definition) is 2. The molecule has 2 aromatic rings. The number of carbonyl (C=O) groups excluding carboxylic acids is 1. The molecule has 0 heterocycles. The van der Waals surface area contributed by atoms with Gasteiger partial charge in [0, 0.05) is 9.13 Å². The Bertz CT molecular complexity index is 700. The zero-order valence-electron chi connectivity index (χ0n) is 11.4. The van der Waals surface area contributed by atoms with Crippen LogP contribution in [0.3, 0.4) is 0 Å². The normalized spacial score (nSPS) is 11.7. The quantitative estimate of drug-likeness (QED) is 0.590. The Morgan fingerprint density at radius 2 is 1.90 bits per heavy atom. The highest BCUT2D eigenvalue weighted by molar-refractivity contribution is 14.1. The van der Waals surface area contributed by atoms with E-state index in [1.54, 1.807) is 6.07 Å². The van der Waals surface area contributed by atoms with Gasteiger partial charge in [0.15, 0.2) is 5.78 Å². The Labute approximate surface area is 132 Å². The second-order valence-corrected chi connectivity index (χ2v) is 6.03. The summed E-state index contributed by atoms with van der Waals surface area (Å²) in [5.74, 6) is -0.887. The lowest BCUT2D eigenvalue weighted by molar-refractivity contribution is 0.0979. The summed E-state index contributed by atoms with van der Waals surface area (Å²) < 4.78 is 0.991. The van der Waals surface area contributed by atoms with Crippen LogP contribution in [-0.4, -0.2) is 5.78 Å². The standard InChI is InChI=1S/C17H14INO/c1-11-6-7-13(8-12(11)2)16(10-19)17(20)14-4-3-5-15(18)9-14/h3-9,16H,1-2H3. The summed E-state index contributed by atoms with van der Waals surface area (Å²) >= 11 is 2.16. The van der Waals surface area contributed by atoms with Crippen molar-refractivity contribution in [2.24, 2.45) is 0 Å². The maximum Gasteiger partial charge on any atom is 0.184 e. The number of rotatable bonds is 3. The summed E-state index contributed by atoms with van der Waals surface area (Å²) in [4.78, 5) is 12.5. The van der Waals surface area contributed by atoms with Crippen LogP contribution < -0.4 is 0 Å². The molecule has 0 amide bonds. The van der Waals surface area contributed by atoms with E-state index in [-0.39, 0.29) is 5.78 Å². The van der Waals surface area contributed by atoms with Crippen LogP contribution in [0.1, 0.15) is 33.0 Å². The Hall–Kier alpha value is -1.67. The third-order valence-corrected chi connectivity index (χ3v) is 4.04. The molecule has 1 atom stereocenters. The summed E-state index contributed by atoms with van der Waals surface area (Å²) in [7, 11) is 0. The van der Waals surface area contributed by atoms with Crippen molar-refractivity contribution in [2.45, 2.75) is 19.8 Å². The first-order valence-corrected chi connectivity index (χ1v) is 7.37. The van der Waals surface area contributed by atoms with Gasteiger partial charge in [-0.25, -0.2) is 0 Å². The molecule has 0 N–H and O–H groups in total. The minimum Gasteiger partial charge on any atom is -0.292 e. The topological polar surface area (TPSA) is 40.9 Å². The monoisotopic (exact) mass is 375 g/mol. The smallest absolute Gasteiger partial charge is 0.184 e. The molecule has 0 fully saturated rings. The van der Waals surface area contributed by atoms with Crippen molar-refractivity contribution >= 4 is 28.4 Å². The second kappa shape index (κ2) is 6.19. The van der Waals surface area contributed by atoms with Crippen LogP contribution in [0.5, 0.6) is 0 Å². The minimum absolute atomic E-state index is 0.144. The molecule has 0 aliphatic carbocycles. The Morgan fingerprint density at radius 3 is 2.50 bits per heavy atom. The van der Waals surface area contributed by atoms with Gasteiger partial charge in [0.2, 0.25) is 0 Å². The number of Topliss-reactive ketones (excluding diaryl/α,β-unsaturated/α-hetero) is 1. The largest absolute Gasteiger partial charge is 0.292 e. The molecule has 20 heavy (non-hydrogen) atoms. The molecule has 2 rings (SSSR count). The molecule has 1 unspecified atom stereocenters. The molecule has 2 aromatic carbocycles. The molecule has 0 radical (unpaired) electrons. The summed E-state index contributed by atoms with van der Waals surface area (Å²) in [6.45, 7) is 4.01. The van der Waals surface area contributed by atoms with E-state index in [2.05, 4.69) is 28.7 Å². The van der Waals surface area contributed by atoms with Gasteiger partial charge >= 0.3 is 0 Å². The zero-order valence-corrected chi connectivity index (χ0v) is 13.5. The van der Waals surface area contributed by atoms with E-state index >= 15 is 0 Å². The Morgan fingerprint density at radius 1 is 1.15 bits per heavy atom. The van der Waals surface area contributed by atoms with Crippen molar-refractivity contribution in [3.8, 4) is 6.07 Å². The molecule has 0 aromatic heterocycles. The van der Waals surface area contributed by atoms with Crippen molar-refractivity contribution in [1.29, 1.82) is 5.26 Å². The molecule has 0 saturated carbocycles. The van der Waals surface area contributed by atoms with E-state index in [0.717, 1.165) is 20.3 Å². The van der Waals surface area contributed by atoms with Crippen molar-refractivity contribution in [2.75, 3.05) is 0 Å². The number of hydrogen-bond donors (Lipinski definition) is 0. The first-order valence-electron chi connectivity index (χ1n) is 6.29. The van der Waals surface area contributed by atoms with Gasteiger partial charge in [0.1, 0.15) is 5.92 Å². The van der Waals surface area contributed by atoms with Crippen LogP contribution >= 0.6 is 22.6 Å². The molecule has 0 bridgehead atoms. The number of halogens is 1. The summed E-state index contributed by atoms with van der Waals surface area (Å²) in [5, 5.41) is 9.37. The molecule has 0 aliphatic rings. The SMILES string of the molecule is Cc1ccc(C(C#N)C(=O)c2cccc(I)c2)cc1C. The number of nitrogens with zero attached hydrogens (tertiary/aromatic N) is 1. The molecule has 0 spiro atoms. The maximum absolute atomic E-state index is 12.5. The summed E-state index contributed by atoms with van der Waals surface area (Å²) in [6, 6.07) is 15.2. The number of nitriles is 1. The number of ketones is 1. The second-order valence-electron chi connectivity index (χ2n) is 4.78. The average molecular weight is 375 g/mol. The van der Waals surface area contributed by atoms with Crippen LogP contribution in [0.4, 0.5) is 0 Å². The van der Waals surface area contributed by atoms with E-state index in [9.17, 15) is 10.1 Å². The Balaban J connectivity index is 2.40. The van der Waals surface area contributed by atoms with E-state index < -0.39 is 5.92 Å². The summed E-state index contributed by atoms with van der Waals surface area (Å²) in [6.07, 6.45) is 0. The lowest BCUT2D eigenvalue weighted by atomic mass is 9.90. The number of benzene rings is 2. The Kier molecular flexibility index (Phi) is 4.56. The van der Waals surface area contributed by atoms with Gasteiger partial charge in [0.05, 0.1) is 6.07 Å². The van der Waals surface area contributed by atoms with Crippen LogP contribution in [0.15, 0.2) is 42.5 Å². The predicted molar refractivity (Wildman–Crippen MR) is 87.8 cm³/mol. The van der Waals surface area contributed by atoms with Crippen molar-refractivity contribution in [1.82, 2.24) is 0 Å². The first kappa shape index (κ1) is 14.7. The average Bonchev–Trinajstić information content (AvgIpc) is 2.43. The van der Waals surface area contributed by atoms with Gasteiger partial charge in [-0.3, -0.25) is 4.79 Å². The van der Waals surface area contributed by atoms with Gasteiger partial charge in [-0.2, -0.15) is 5.26 Å². The fraction of sp³-hybridized carbons (Fsp3) is 0.176. The fourth-order valence-electron chi connectivity index (χ4n) is 2.04. The number of aryl methyl sites for hydroxylation is 2. The van der Waals surface area contributed by atoms with E-state index in [0.29, 0.717) is 5.56 Å². The molecule has 100 valence electrons. The van der Waals surface area contributed by atoms with Crippen molar-refractivity contribution in [3.05, 3.63) is 68.3 Å². The fourth-order valence-corrected chi connectivity index (χ4v) is 2.58. The number of carbonyl (C=O) groups is 1. The summed E-state index contributed by atoms with van der Waals surface area (Å²) in [5.41, 5.74) is 3.60. The van der Waals surface area contributed by atoms with Gasteiger partial charge in [-0.05, 0) is 65.3 Å². The molecule has 3 heteroatoms. The highest BCUT2D eigenvalue weighted by atomic mass is 127. The highest BCUT2D eigenvalue weighted by Crippen LogP contribution is 2.23. The maximum atomic E-state index is 12.5. The lowest BCUT2D eigenvalue weighted by Crippen LogP contribution is -2.11. The van der Waals surface area contributed by atoms with Crippen LogP contribution in [0.2, 0.25) is 0 Å². The molecule has 0 saturated heterocycles. The van der Waals surface area contributed by atoms with Crippen LogP contribution in [0, 0.1) is 28.7 Å². The van der Waals surface area contributed by atoms with Crippen LogP contribution in [-0.2, 0) is 0 Å². The van der Waals surface area contributed by atoms with E-state index in [1.807, 2.05) is 50.2 Å². The predicted octanol–water partition coefficient (Wildman–Crippen LogP) is 4.40. The highest BCUT2D eigenvalue weighted by Gasteiger charge is 2.22. The van der Waals surface area contributed by atoms with Crippen molar-refractivity contribution < 1.29 is 4.79 Å². The molecule has 2 nitrogen and oxygen atoms in total. The van der Waals surface area contributed by atoms with E-state index in [1.165, 1.54) is 0 Å². The van der Waals surface area contributed by atoms with E-state index in [4.69, 9.17) is 0 Å². The molecular formula is C17H14INO. The zero-order chi connectivity index (χ0) is 14.7. The molecular weight excluding hydrogens is 361 g/mol.